The predicted octanol–water partition coefficient (Wildman–Crippen LogP) is 2.16. The maximum absolute atomic E-state index is 13.3. The molecule has 12 heteroatoms. The summed E-state index contributed by atoms with van der Waals surface area (Å²) in [5.41, 5.74) is 1.68. The number of anilines is 1. The van der Waals surface area contributed by atoms with E-state index in [1.165, 1.54) is 0 Å². The Morgan fingerprint density at radius 1 is 1.22 bits per heavy atom. The van der Waals surface area contributed by atoms with E-state index in [0.29, 0.717) is 66.8 Å². The van der Waals surface area contributed by atoms with Crippen molar-refractivity contribution in [2.24, 2.45) is 0 Å². The monoisotopic (exact) mass is 516 g/mol. The van der Waals surface area contributed by atoms with Gasteiger partial charge in [0, 0.05) is 19.0 Å². The van der Waals surface area contributed by atoms with E-state index >= 15 is 0 Å². The molecule has 11 nitrogen and oxygen atoms in total. The van der Waals surface area contributed by atoms with Gasteiger partial charge in [-0.05, 0) is 44.9 Å². The zero-order chi connectivity index (χ0) is 25.5. The number of hydrogen-bond acceptors (Lipinski definition) is 7. The molecule has 5 rings (SSSR count). The molecule has 1 saturated carbocycles. The van der Waals surface area contributed by atoms with Gasteiger partial charge in [-0.25, -0.2) is 18.1 Å². The number of nitrogens with zero attached hydrogens (tertiary/aromatic N) is 4. The molecule has 36 heavy (non-hydrogen) atoms. The first-order valence-electron chi connectivity index (χ1n) is 12.6. The molecule has 0 atom stereocenters. The lowest BCUT2D eigenvalue weighted by molar-refractivity contribution is -0.786. The number of likely N-dealkylation sites (N-methyl/N-ethyl adjacent to an activating group) is 1. The molecule has 1 saturated heterocycles. The van der Waals surface area contributed by atoms with Crippen LogP contribution in [0.15, 0.2) is 23.0 Å². The van der Waals surface area contributed by atoms with Crippen LogP contribution in [0.5, 0.6) is 5.75 Å². The second-order valence-corrected chi connectivity index (χ2v) is 11.9. The zero-order valence-electron chi connectivity index (χ0n) is 21.0. The second kappa shape index (κ2) is 9.49. The van der Waals surface area contributed by atoms with Crippen LogP contribution in [-0.4, -0.2) is 71.7 Å². The van der Waals surface area contributed by atoms with Crippen LogP contribution in [0.1, 0.15) is 50.0 Å². The third-order valence-electron chi connectivity index (χ3n) is 7.31. The van der Waals surface area contributed by atoms with Crippen molar-refractivity contribution in [1.29, 1.82) is 0 Å². The highest BCUT2D eigenvalue weighted by Crippen LogP contribution is 2.35. The Balaban J connectivity index is 1.59. The van der Waals surface area contributed by atoms with Gasteiger partial charge in [0.15, 0.2) is 11.3 Å². The number of rotatable bonds is 7. The molecule has 1 aliphatic heterocycles. The van der Waals surface area contributed by atoms with E-state index in [1.54, 1.807) is 29.8 Å². The average molecular weight is 517 g/mol. The Kier molecular flexibility index (Phi) is 6.52. The quantitative estimate of drug-likeness (QED) is 0.410. The Morgan fingerprint density at radius 2 is 1.94 bits per heavy atom. The van der Waals surface area contributed by atoms with Crippen LogP contribution in [0.25, 0.3) is 16.9 Å². The van der Waals surface area contributed by atoms with E-state index in [-0.39, 0.29) is 15.4 Å². The number of imidazole rings is 1. The summed E-state index contributed by atoms with van der Waals surface area (Å²) in [7, 11) is -2.00. The van der Waals surface area contributed by atoms with Gasteiger partial charge in [-0.15, -0.1) is 5.10 Å². The number of aromatic amines is 1. The fourth-order valence-electron chi connectivity index (χ4n) is 5.19. The normalized spacial score (nSPS) is 18.5. The van der Waals surface area contributed by atoms with E-state index in [2.05, 4.69) is 15.0 Å². The molecule has 2 aliphatic rings. The highest BCUT2D eigenvalue weighted by molar-refractivity contribution is 7.87. The molecule has 0 amide bonds. The molecule has 1 aromatic carbocycles. The van der Waals surface area contributed by atoms with Crippen LogP contribution in [0.2, 0.25) is 0 Å². The minimum Gasteiger partial charge on any atom is -0.493 e. The summed E-state index contributed by atoms with van der Waals surface area (Å²) >= 11 is 0. The fourth-order valence-corrected chi connectivity index (χ4v) is 6.50. The number of hydrogen-bond donors (Lipinski definition) is 3. The van der Waals surface area contributed by atoms with E-state index in [1.807, 2.05) is 13.8 Å². The molecule has 0 bridgehead atoms. The van der Waals surface area contributed by atoms with Crippen molar-refractivity contribution in [1.82, 2.24) is 24.9 Å². The number of fused-ring (bicyclic) bond motifs is 1. The van der Waals surface area contributed by atoms with Crippen LogP contribution in [-0.2, 0) is 10.2 Å². The lowest BCUT2D eigenvalue weighted by atomic mass is 10.1. The van der Waals surface area contributed by atoms with Gasteiger partial charge in [0.2, 0.25) is 0 Å². The number of ether oxygens (including phenoxy) is 1. The highest BCUT2D eigenvalue weighted by Gasteiger charge is 2.39. The van der Waals surface area contributed by atoms with Crippen LogP contribution in [0.4, 0.5) is 5.69 Å². The fraction of sp³-hybridized carbons (Fsp3) is 0.542. The number of benzene rings is 1. The summed E-state index contributed by atoms with van der Waals surface area (Å²) in [6.45, 7) is 6.29. The minimum atomic E-state index is -3.72. The second-order valence-electron chi connectivity index (χ2n) is 9.82. The van der Waals surface area contributed by atoms with Gasteiger partial charge in [-0.3, -0.25) is 4.79 Å². The molecule has 0 unspecified atom stereocenters. The van der Waals surface area contributed by atoms with Crippen molar-refractivity contribution >= 4 is 21.4 Å². The van der Waals surface area contributed by atoms with Crippen molar-refractivity contribution in [2.75, 3.05) is 44.6 Å². The Hall–Kier alpha value is -2.96. The number of aryl methyl sites for hydroxylation is 1. The lowest BCUT2D eigenvalue weighted by Crippen LogP contribution is -2.60. The molecule has 3 N–H and O–H groups in total. The van der Waals surface area contributed by atoms with Gasteiger partial charge in [-0.1, -0.05) is 12.8 Å². The lowest BCUT2D eigenvalue weighted by Gasteiger charge is -2.35. The van der Waals surface area contributed by atoms with Crippen molar-refractivity contribution in [3.05, 3.63) is 40.1 Å². The third kappa shape index (κ3) is 4.37. The molecule has 2 fully saturated rings. The van der Waals surface area contributed by atoms with Crippen LogP contribution in [0, 0.1) is 6.92 Å². The summed E-state index contributed by atoms with van der Waals surface area (Å²) in [6, 6.07) is 5.04. The van der Waals surface area contributed by atoms with Gasteiger partial charge in [-0.2, -0.15) is 8.42 Å². The van der Waals surface area contributed by atoms with Crippen LogP contribution >= 0.6 is 0 Å². The van der Waals surface area contributed by atoms with E-state index in [9.17, 15) is 13.2 Å². The predicted molar refractivity (Wildman–Crippen MR) is 137 cm³/mol. The van der Waals surface area contributed by atoms with Gasteiger partial charge in [0.05, 0.1) is 30.6 Å². The van der Waals surface area contributed by atoms with E-state index in [4.69, 9.17) is 14.8 Å². The topological polar surface area (TPSA) is 130 Å². The summed E-state index contributed by atoms with van der Waals surface area (Å²) in [6.07, 6.45) is 4.32. The van der Waals surface area contributed by atoms with Crippen molar-refractivity contribution in [2.45, 2.75) is 45.4 Å². The molecule has 2 aromatic heterocycles. The molecule has 3 aromatic rings. The first kappa shape index (κ1) is 24.7. The Bertz CT molecular complexity index is 1430. The maximum atomic E-state index is 13.3. The van der Waals surface area contributed by atoms with Crippen LogP contribution < -0.4 is 20.3 Å². The van der Waals surface area contributed by atoms with Crippen molar-refractivity contribution < 1.29 is 17.0 Å². The number of H-pyrrole nitrogens is 1. The maximum Gasteiger partial charge on any atom is 0.393 e. The van der Waals surface area contributed by atoms with E-state index < -0.39 is 10.2 Å². The van der Waals surface area contributed by atoms with Crippen LogP contribution in [0.3, 0.4) is 0 Å². The molecule has 1 aliphatic carbocycles. The van der Waals surface area contributed by atoms with Gasteiger partial charge in [0.1, 0.15) is 24.7 Å². The minimum absolute atomic E-state index is 0.108. The first-order chi connectivity index (χ1) is 17.2. The number of nitrogens with one attached hydrogen (secondary N) is 3. The van der Waals surface area contributed by atoms with E-state index in [0.717, 1.165) is 31.5 Å². The summed E-state index contributed by atoms with van der Waals surface area (Å²) in [5, 5.41) is 7.99. The molecule has 0 spiro atoms. The first-order valence-corrected chi connectivity index (χ1v) is 14.0. The Morgan fingerprint density at radius 3 is 2.64 bits per heavy atom. The standard InChI is InChI=1S/C24H33N7O4S/c1-4-35-20-10-9-18(29-36(33,34)31(3)13-11-25-12-14-31)15-19(20)22-27-24(32)21-16(2)26-23(30(21)28-22)17-7-5-6-8-17/h9-10,15,17,25,29H,4-8,11-14H2,1-3H3/p+1. The van der Waals surface area contributed by atoms with Gasteiger partial charge in [0.25, 0.3) is 5.56 Å². The zero-order valence-corrected chi connectivity index (χ0v) is 21.8. The molecule has 194 valence electrons. The molecule has 3 heterocycles. The SMILES string of the molecule is CCOc1ccc(NS(=O)(=O)[N+]2(C)CCNCC2)cc1-c1nn2c(C3CCCC3)nc(C)c2c(=O)[nH]1. The summed E-state index contributed by atoms with van der Waals surface area (Å²) in [4.78, 5) is 20.7. The number of piperazine rings is 1. The largest absolute Gasteiger partial charge is 0.493 e. The van der Waals surface area contributed by atoms with Crippen molar-refractivity contribution in [3.8, 4) is 17.1 Å². The molecule has 0 radical (unpaired) electrons. The Labute approximate surface area is 210 Å². The number of aromatic nitrogens is 4. The van der Waals surface area contributed by atoms with Gasteiger partial charge >= 0.3 is 10.2 Å². The summed E-state index contributed by atoms with van der Waals surface area (Å²) < 4.78 is 36.7. The van der Waals surface area contributed by atoms with Gasteiger partial charge < -0.3 is 15.0 Å². The molecular formula is C24H34N7O4S+. The molecular weight excluding hydrogens is 482 g/mol. The number of quaternary nitrogens is 1. The third-order valence-corrected chi connectivity index (χ3v) is 9.33. The smallest absolute Gasteiger partial charge is 0.393 e. The van der Waals surface area contributed by atoms with Crippen molar-refractivity contribution in [3.63, 3.8) is 0 Å². The summed E-state index contributed by atoms with van der Waals surface area (Å²) in [5.74, 6) is 1.88. The highest BCUT2D eigenvalue weighted by atomic mass is 32.2. The average Bonchev–Trinajstić information content (AvgIpc) is 3.48.